The van der Waals surface area contributed by atoms with E-state index in [2.05, 4.69) is 5.32 Å². The first kappa shape index (κ1) is 13.3. The van der Waals surface area contributed by atoms with Crippen LogP contribution in [0.5, 0.6) is 0 Å². The fourth-order valence-electron chi connectivity index (χ4n) is 2.07. The van der Waals surface area contributed by atoms with Gasteiger partial charge in [0.1, 0.15) is 0 Å². The molecule has 1 aliphatic heterocycles. The summed E-state index contributed by atoms with van der Waals surface area (Å²) >= 11 is 6.09. The van der Waals surface area contributed by atoms with Crippen molar-refractivity contribution in [3.05, 3.63) is 34.9 Å². The third kappa shape index (κ3) is 2.83. The van der Waals surface area contributed by atoms with Gasteiger partial charge in [-0.2, -0.15) is 0 Å². The number of carbonyl (C=O) groups excluding carboxylic acids is 1. The Kier molecular flexibility index (Phi) is 4.22. The van der Waals surface area contributed by atoms with Crippen LogP contribution in [0.4, 0.5) is 0 Å². The van der Waals surface area contributed by atoms with Gasteiger partial charge in [0.05, 0.1) is 25.2 Å². The molecule has 18 heavy (non-hydrogen) atoms. The van der Waals surface area contributed by atoms with Gasteiger partial charge in [0.2, 0.25) is 5.91 Å². The molecule has 1 aromatic carbocycles. The molecule has 1 fully saturated rings. The molecule has 1 aliphatic rings. The Morgan fingerprint density at radius 3 is 2.83 bits per heavy atom. The lowest BCUT2D eigenvalue weighted by molar-refractivity contribution is -0.125. The maximum absolute atomic E-state index is 12.0. The van der Waals surface area contributed by atoms with Gasteiger partial charge in [0.25, 0.3) is 0 Å². The lowest BCUT2D eigenvalue weighted by atomic mass is 10.0. The van der Waals surface area contributed by atoms with Crippen molar-refractivity contribution in [3.8, 4) is 0 Å². The standard InChI is InChI=1S/C13H17ClN2O2/c1-8(9-4-2-3-5-11(9)14)16-13(17)10-6-18-7-12(10)15/h2-5,8,10,12H,6-7,15H2,1H3,(H,16,17)/t8-,10?,12?/m0/s1. The predicted octanol–water partition coefficient (Wildman–Crippen LogP) is 1.49. The van der Waals surface area contributed by atoms with Gasteiger partial charge in [-0.3, -0.25) is 4.79 Å². The van der Waals surface area contributed by atoms with Gasteiger partial charge < -0.3 is 15.8 Å². The fourth-order valence-corrected chi connectivity index (χ4v) is 2.36. The van der Waals surface area contributed by atoms with Gasteiger partial charge in [-0.15, -0.1) is 0 Å². The van der Waals surface area contributed by atoms with E-state index in [-0.39, 0.29) is 23.9 Å². The Morgan fingerprint density at radius 2 is 2.22 bits per heavy atom. The highest BCUT2D eigenvalue weighted by molar-refractivity contribution is 6.31. The zero-order valence-corrected chi connectivity index (χ0v) is 11.0. The highest BCUT2D eigenvalue weighted by atomic mass is 35.5. The van der Waals surface area contributed by atoms with Gasteiger partial charge >= 0.3 is 0 Å². The first-order valence-corrected chi connectivity index (χ1v) is 6.35. The van der Waals surface area contributed by atoms with Crippen molar-refractivity contribution in [2.24, 2.45) is 11.7 Å². The van der Waals surface area contributed by atoms with Crippen LogP contribution in [0.15, 0.2) is 24.3 Å². The van der Waals surface area contributed by atoms with Crippen LogP contribution in [-0.4, -0.2) is 25.2 Å². The van der Waals surface area contributed by atoms with Crippen molar-refractivity contribution < 1.29 is 9.53 Å². The molecule has 5 heteroatoms. The van der Waals surface area contributed by atoms with Crippen LogP contribution in [0.1, 0.15) is 18.5 Å². The Morgan fingerprint density at radius 1 is 1.50 bits per heavy atom. The van der Waals surface area contributed by atoms with E-state index in [9.17, 15) is 4.79 Å². The minimum Gasteiger partial charge on any atom is -0.379 e. The lowest BCUT2D eigenvalue weighted by Gasteiger charge is -2.19. The van der Waals surface area contributed by atoms with E-state index in [0.29, 0.717) is 18.2 Å². The number of amides is 1. The van der Waals surface area contributed by atoms with Gasteiger partial charge in [0.15, 0.2) is 0 Å². The molecule has 98 valence electrons. The molecule has 3 atom stereocenters. The number of nitrogens with two attached hydrogens (primary N) is 1. The van der Waals surface area contributed by atoms with E-state index in [1.165, 1.54) is 0 Å². The molecule has 4 nitrogen and oxygen atoms in total. The van der Waals surface area contributed by atoms with Crippen LogP contribution in [-0.2, 0) is 9.53 Å². The summed E-state index contributed by atoms with van der Waals surface area (Å²) in [6.07, 6.45) is 0. The number of carbonyl (C=O) groups is 1. The van der Waals surface area contributed by atoms with E-state index >= 15 is 0 Å². The molecule has 0 aromatic heterocycles. The van der Waals surface area contributed by atoms with Gasteiger partial charge in [0, 0.05) is 11.1 Å². The van der Waals surface area contributed by atoms with E-state index in [1.54, 1.807) is 0 Å². The molecule has 0 spiro atoms. The first-order valence-electron chi connectivity index (χ1n) is 5.97. The molecular weight excluding hydrogens is 252 g/mol. The first-order chi connectivity index (χ1) is 8.59. The van der Waals surface area contributed by atoms with Gasteiger partial charge in [-0.25, -0.2) is 0 Å². The quantitative estimate of drug-likeness (QED) is 0.873. The number of benzene rings is 1. The monoisotopic (exact) mass is 268 g/mol. The summed E-state index contributed by atoms with van der Waals surface area (Å²) in [5, 5.41) is 3.58. The van der Waals surface area contributed by atoms with Gasteiger partial charge in [-0.05, 0) is 18.6 Å². The van der Waals surface area contributed by atoms with Crippen LogP contribution >= 0.6 is 11.6 Å². The molecular formula is C13H17ClN2O2. The molecule has 1 amide bonds. The summed E-state index contributed by atoms with van der Waals surface area (Å²) in [5.74, 6) is -0.345. The van der Waals surface area contributed by atoms with Crippen LogP contribution < -0.4 is 11.1 Å². The lowest BCUT2D eigenvalue weighted by Crippen LogP contribution is -2.41. The minimum atomic E-state index is -0.269. The van der Waals surface area contributed by atoms with Crippen molar-refractivity contribution in [3.63, 3.8) is 0 Å². The zero-order valence-electron chi connectivity index (χ0n) is 10.2. The van der Waals surface area contributed by atoms with E-state index in [1.807, 2.05) is 31.2 Å². The van der Waals surface area contributed by atoms with Crippen LogP contribution in [0, 0.1) is 5.92 Å². The third-order valence-corrected chi connectivity index (χ3v) is 3.54. The average Bonchev–Trinajstić information content (AvgIpc) is 2.76. The Balaban J connectivity index is 2.01. The van der Waals surface area contributed by atoms with Crippen LogP contribution in [0.2, 0.25) is 5.02 Å². The Bertz CT molecular complexity index is 439. The van der Waals surface area contributed by atoms with Crippen LogP contribution in [0.25, 0.3) is 0 Å². The van der Waals surface area contributed by atoms with Crippen molar-refractivity contribution in [2.75, 3.05) is 13.2 Å². The normalized spacial score (nSPS) is 24.8. The van der Waals surface area contributed by atoms with Gasteiger partial charge in [-0.1, -0.05) is 29.8 Å². The summed E-state index contributed by atoms with van der Waals surface area (Å²) in [7, 11) is 0. The molecule has 3 N–H and O–H groups in total. The summed E-state index contributed by atoms with van der Waals surface area (Å²) in [6, 6.07) is 7.11. The maximum atomic E-state index is 12.0. The topological polar surface area (TPSA) is 64.3 Å². The van der Waals surface area contributed by atoms with Crippen LogP contribution in [0.3, 0.4) is 0 Å². The molecule has 1 heterocycles. The number of rotatable bonds is 3. The highest BCUT2D eigenvalue weighted by Gasteiger charge is 2.32. The average molecular weight is 269 g/mol. The number of halogens is 1. The van der Waals surface area contributed by atoms with Crippen molar-refractivity contribution in [2.45, 2.75) is 19.0 Å². The minimum absolute atomic E-state index is 0.0765. The molecule has 0 saturated carbocycles. The van der Waals surface area contributed by atoms with Crippen molar-refractivity contribution >= 4 is 17.5 Å². The second-order valence-corrected chi connectivity index (χ2v) is 4.97. The Hall–Kier alpha value is -1.10. The third-order valence-electron chi connectivity index (χ3n) is 3.19. The summed E-state index contributed by atoms with van der Waals surface area (Å²) in [6.45, 7) is 2.74. The smallest absolute Gasteiger partial charge is 0.227 e. The molecule has 1 saturated heterocycles. The summed E-state index contributed by atoms with van der Waals surface area (Å²) in [5.41, 5.74) is 6.72. The second kappa shape index (κ2) is 5.69. The second-order valence-electron chi connectivity index (χ2n) is 4.56. The zero-order chi connectivity index (χ0) is 13.1. The molecule has 2 unspecified atom stereocenters. The molecule has 0 aliphatic carbocycles. The van der Waals surface area contributed by atoms with E-state index in [4.69, 9.17) is 22.1 Å². The number of ether oxygens (including phenoxy) is 1. The SMILES string of the molecule is C[C@H](NC(=O)C1COCC1N)c1ccccc1Cl. The summed E-state index contributed by atoms with van der Waals surface area (Å²) < 4.78 is 5.19. The number of hydrogen-bond acceptors (Lipinski definition) is 3. The predicted molar refractivity (Wildman–Crippen MR) is 70.3 cm³/mol. The molecule has 0 bridgehead atoms. The maximum Gasteiger partial charge on any atom is 0.227 e. The molecule has 2 rings (SSSR count). The van der Waals surface area contributed by atoms with Crippen molar-refractivity contribution in [1.29, 1.82) is 0 Å². The number of nitrogens with one attached hydrogen (secondary N) is 1. The fraction of sp³-hybridized carbons (Fsp3) is 0.462. The molecule has 1 aromatic rings. The Labute approximate surface area is 111 Å². The highest BCUT2D eigenvalue weighted by Crippen LogP contribution is 2.23. The molecule has 0 radical (unpaired) electrons. The van der Waals surface area contributed by atoms with Crippen molar-refractivity contribution in [1.82, 2.24) is 5.32 Å². The number of hydrogen-bond donors (Lipinski definition) is 2. The summed E-state index contributed by atoms with van der Waals surface area (Å²) in [4.78, 5) is 12.0. The van der Waals surface area contributed by atoms with E-state index in [0.717, 1.165) is 5.56 Å². The van der Waals surface area contributed by atoms with E-state index < -0.39 is 0 Å². The largest absolute Gasteiger partial charge is 0.379 e.